The van der Waals surface area contributed by atoms with E-state index in [1.807, 2.05) is 6.08 Å². The van der Waals surface area contributed by atoms with Crippen molar-refractivity contribution in [3.8, 4) is 0 Å². The monoisotopic (exact) mass is 173 g/mol. The molecule has 0 unspecified atom stereocenters. The summed E-state index contributed by atoms with van der Waals surface area (Å²) in [4.78, 5) is 9.57. The van der Waals surface area contributed by atoms with Gasteiger partial charge in [0.15, 0.2) is 0 Å². The zero-order valence-corrected chi connectivity index (χ0v) is 8.33. The van der Waals surface area contributed by atoms with Gasteiger partial charge in [0.2, 0.25) is 6.54 Å². The molecule has 0 rings (SSSR count). The molecule has 0 saturated carbocycles. The second-order valence-electron chi connectivity index (χ2n) is 3.75. The average Bonchev–Trinajstić information content (AvgIpc) is 1.78. The van der Waals surface area contributed by atoms with Crippen LogP contribution in [-0.2, 0) is 0 Å². The van der Waals surface area contributed by atoms with Crippen molar-refractivity contribution in [3.05, 3.63) is 22.3 Å². The van der Waals surface area contributed by atoms with Gasteiger partial charge in [-0.1, -0.05) is 25.7 Å². The highest BCUT2D eigenvalue weighted by atomic mass is 28.3. The molecule has 0 saturated heterocycles. The minimum Gasteiger partial charge on any atom is -0.264 e. The molecule has 0 bridgehead atoms. The lowest BCUT2D eigenvalue weighted by Gasteiger charge is -2.10. The van der Waals surface area contributed by atoms with Crippen LogP contribution >= 0.6 is 0 Å². The summed E-state index contributed by atoms with van der Waals surface area (Å²) in [6, 6.07) is 1.03. The predicted molar refractivity (Wildman–Crippen MR) is 49.2 cm³/mol. The van der Waals surface area contributed by atoms with E-state index in [-0.39, 0.29) is 11.5 Å². The van der Waals surface area contributed by atoms with Crippen LogP contribution in [0.5, 0.6) is 0 Å². The number of hydrogen-bond donors (Lipinski definition) is 0. The Morgan fingerprint density at radius 2 is 1.91 bits per heavy atom. The third-order valence-electron chi connectivity index (χ3n) is 1.15. The first-order chi connectivity index (χ1) is 4.92. The minimum atomic E-state index is -1.04. The molecule has 3 nitrogen and oxygen atoms in total. The molecule has 0 aromatic carbocycles. The molecule has 11 heavy (non-hydrogen) atoms. The van der Waals surface area contributed by atoms with E-state index in [9.17, 15) is 10.1 Å². The number of nitrogens with zero attached hydrogens (tertiary/aromatic N) is 1. The fourth-order valence-corrected chi connectivity index (χ4v) is 1.47. The van der Waals surface area contributed by atoms with Gasteiger partial charge in [-0.2, -0.15) is 0 Å². The summed E-state index contributed by atoms with van der Waals surface area (Å²) in [6.45, 7) is 6.68. The molecule has 4 heteroatoms. The van der Waals surface area contributed by atoms with Crippen molar-refractivity contribution < 1.29 is 4.92 Å². The van der Waals surface area contributed by atoms with Crippen LogP contribution in [0, 0.1) is 10.1 Å². The molecule has 0 heterocycles. The molecular weight excluding hydrogens is 158 g/mol. The van der Waals surface area contributed by atoms with Crippen molar-refractivity contribution >= 4 is 8.07 Å². The topological polar surface area (TPSA) is 43.1 Å². The molecular formula is C7H15NO2Si. The van der Waals surface area contributed by atoms with Gasteiger partial charge in [0.05, 0.1) is 0 Å². The zero-order chi connectivity index (χ0) is 8.91. The van der Waals surface area contributed by atoms with Crippen LogP contribution in [0.4, 0.5) is 0 Å². The van der Waals surface area contributed by atoms with E-state index in [4.69, 9.17) is 0 Å². The van der Waals surface area contributed by atoms with Crippen LogP contribution in [0.15, 0.2) is 12.2 Å². The number of allylic oxidation sites excluding steroid dienone is 1. The van der Waals surface area contributed by atoms with E-state index in [1.165, 1.54) is 0 Å². The van der Waals surface area contributed by atoms with E-state index in [0.29, 0.717) is 0 Å². The van der Waals surface area contributed by atoms with Gasteiger partial charge in [0, 0.05) is 13.0 Å². The summed E-state index contributed by atoms with van der Waals surface area (Å²) >= 11 is 0. The lowest BCUT2D eigenvalue weighted by atomic mass is 10.5. The lowest BCUT2D eigenvalue weighted by Crippen LogP contribution is -2.17. The van der Waals surface area contributed by atoms with Crippen LogP contribution in [0.1, 0.15) is 0 Å². The van der Waals surface area contributed by atoms with Gasteiger partial charge in [0.1, 0.15) is 0 Å². The van der Waals surface area contributed by atoms with Crippen molar-refractivity contribution in [3.63, 3.8) is 0 Å². The molecule has 0 amide bonds. The molecule has 0 aliphatic carbocycles. The molecule has 0 aromatic rings. The Morgan fingerprint density at radius 3 is 2.27 bits per heavy atom. The predicted octanol–water partition coefficient (Wildman–Crippen LogP) is 2.16. The molecule has 64 valence electrons. The van der Waals surface area contributed by atoms with Gasteiger partial charge in [-0.3, -0.25) is 10.1 Å². The van der Waals surface area contributed by atoms with Crippen LogP contribution in [0.2, 0.25) is 25.7 Å². The van der Waals surface area contributed by atoms with Gasteiger partial charge in [0.25, 0.3) is 0 Å². The highest BCUT2D eigenvalue weighted by Crippen LogP contribution is 2.07. The lowest BCUT2D eigenvalue weighted by molar-refractivity contribution is -0.468. The first-order valence-electron chi connectivity index (χ1n) is 3.68. The van der Waals surface area contributed by atoms with E-state index in [0.717, 1.165) is 6.04 Å². The standard InChI is InChI=1S/C7H15NO2Si/c1-11(2,3)7-5-4-6-8(9)10/h4-5H,6-7H2,1-3H3. The summed E-state index contributed by atoms with van der Waals surface area (Å²) in [7, 11) is -1.04. The molecule has 0 N–H and O–H groups in total. The van der Waals surface area contributed by atoms with E-state index < -0.39 is 8.07 Å². The van der Waals surface area contributed by atoms with E-state index in [1.54, 1.807) is 6.08 Å². The van der Waals surface area contributed by atoms with Crippen molar-refractivity contribution in [1.29, 1.82) is 0 Å². The Bertz CT molecular complexity index is 160. The first kappa shape index (κ1) is 10.4. The van der Waals surface area contributed by atoms with Gasteiger partial charge in [-0.05, 0) is 12.1 Å². The average molecular weight is 173 g/mol. The van der Waals surface area contributed by atoms with E-state index >= 15 is 0 Å². The minimum absolute atomic E-state index is 0.0372. The molecule has 0 fully saturated rings. The third-order valence-corrected chi connectivity index (χ3v) is 2.61. The zero-order valence-electron chi connectivity index (χ0n) is 7.33. The Kier molecular flexibility index (Phi) is 4.03. The van der Waals surface area contributed by atoms with Crippen LogP contribution in [0.3, 0.4) is 0 Å². The quantitative estimate of drug-likeness (QED) is 0.283. The van der Waals surface area contributed by atoms with Gasteiger partial charge < -0.3 is 0 Å². The summed E-state index contributed by atoms with van der Waals surface area (Å²) < 4.78 is 0. The SMILES string of the molecule is C[Si](C)(C)CC=CC[N+](=O)[O-]. The largest absolute Gasteiger partial charge is 0.264 e. The Morgan fingerprint density at radius 1 is 1.36 bits per heavy atom. The van der Waals surface area contributed by atoms with Crippen LogP contribution in [0.25, 0.3) is 0 Å². The normalized spacial score (nSPS) is 12.3. The van der Waals surface area contributed by atoms with Crippen LogP contribution in [-0.4, -0.2) is 19.5 Å². The highest BCUT2D eigenvalue weighted by molar-refractivity contribution is 6.76. The molecule has 0 aliphatic rings. The first-order valence-corrected chi connectivity index (χ1v) is 7.39. The maximum Gasteiger partial charge on any atom is 0.222 e. The maximum absolute atomic E-state index is 9.89. The van der Waals surface area contributed by atoms with Gasteiger partial charge in [-0.15, -0.1) is 0 Å². The van der Waals surface area contributed by atoms with Crippen molar-refractivity contribution in [2.75, 3.05) is 6.54 Å². The summed E-state index contributed by atoms with van der Waals surface area (Å²) in [5.41, 5.74) is 0. The summed E-state index contributed by atoms with van der Waals surface area (Å²) in [5, 5.41) is 9.89. The fraction of sp³-hybridized carbons (Fsp3) is 0.714. The maximum atomic E-state index is 9.89. The number of hydrogen-bond acceptors (Lipinski definition) is 2. The Labute approximate surface area is 68.3 Å². The van der Waals surface area contributed by atoms with Gasteiger partial charge >= 0.3 is 0 Å². The Hall–Kier alpha value is -0.643. The Balaban J connectivity index is 3.53. The molecule has 0 aromatic heterocycles. The third kappa shape index (κ3) is 9.36. The molecule has 0 radical (unpaired) electrons. The number of nitro groups is 1. The number of rotatable bonds is 4. The second kappa shape index (κ2) is 4.28. The van der Waals surface area contributed by atoms with Gasteiger partial charge in [-0.25, -0.2) is 0 Å². The highest BCUT2D eigenvalue weighted by Gasteiger charge is 2.09. The summed E-state index contributed by atoms with van der Waals surface area (Å²) in [6.07, 6.45) is 3.56. The second-order valence-corrected chi connectivity index (χ2v) is 9.28. The molecule has 0 spiro atoms. The van der Waals surface area contributed by atoms with E-state index in [2.05, 4.69) is 19.6 Å². The van der Waals surface area contributed by atoms with Crippen LogP contribution < -0.4 is 0 Å². The van der Waals surface area contributed by atoms with Crippen molar-refractivity contribution in [2.24, 2.45) is 0 Å². The van der Waals surface area contributed by atoms with Crippen molar-refractivity contribution in [2.45, 2.75) is 25.7 Å². The molecule has 0 atom stereocenters. The smallest absolute Gasteiger partial charge is 0.222 e. The molecule has 0 aliphatic heterocycles. The van der Waals surface area contributed by atoms with Crippen molar-refractivity contribution in [1.82, 2.24) is 0 Å². The fourth-order valence-electron chi connectivity index (χ4n) is 0.597. The summed E-state index contributed by atoms with van der Waals surface area (Å²) in [5.74, 6) is 0.